The van der Waals surface area contributed by atoms with E-state index in [1.165, 1.54) is 0 Å². The summed E-state index contributed by atoms with van der Waals surface area (Å²) >= 11 is 0. The second kappa shape index (κ2) is 5.03. The summed E-state index contributed by atoms with van der Waals surface area (Å²) < 4.78 is 26.0. The van der Waals surface area contributed by atoms with Gasteiger partial charge in [0.15, 0.2) is 0 Å². The highest BCUT2D eigenvalue weighted by atomic mass is 19.3. The molecule has 0 radical (unpaired) electrons. The van der Waals surface area contributed by atoms with E-state index in [0.29, 0.717) is 18.8 Å². The molecular weight excluding hydrogens is 220 g/mol. The molecule has 0 aromatic heterocycles. The predicted molar refractivity (Wildman–Crippen MR) is 66.6 cm³/mol. The summed E-state index contributed by atoms with van der Waals surface area (Å²) in [6.07, 6.45) is 1.40. The van der Waals surface area contributed by atoms with Crippen LogP contribution in [-0.4, -0.2) is 19.5 Å². The first kappa shape index (κ1) is 12.3. The Balaban J connectivity index is 1.86. The number of nitrogens with zero attached hydrogens (tertiary/aromatic N) is 1. The molecule has 0 unspecified atom stereocenters. The van der Waals surface area contributed by atoms with E-state index in [2.05, 4.69) is 17.0 Å². The maximum absolute atomic E-state index is 13.0. The van der Waals surface area contributed by atoms with Gasteiger partial charge in [-0.15, -0.1) is 0 Å². The van der Waals surface area contributed by atoms with Crippen LogP contribution in [0, 0.1) is 5.92 Å². The zero-order valence-electron chi connectivity index (χ0n) is 10.2. The minimum Gasteiger partial charge on any atom is -0.374 e. The molecule has 1 fully saturated rings. The van der Waals surface area contributed by atoms with Gasteiger partial charge in [-0.25, -0.2) is 8.78 Å². The molecule has 1 aromatic rings. The second-order valence-corrected chi connectivity index (χ2v) is 5.02. The van der Waals surface area contributed by atoms with Crippen molar-refractivity contribution in [2.24, 2.45) is 5.92 Å². The summed E-state index contributed by atoms with van der Waals surface area (Å²) in [7, 11) is 2.03. The van der Waals surface area contributed by atoms with E-state index >= 15 is 0 Å². The third-order valence-corrected chi connectivity index (χ3v) is 3.57. The van der Waals surface area contributed by atoms with Crippen LogP contribution in [0.2, 0.25) is 0 Å². The maximum Gasteiger partial charge on any atom is 0.248 e. The van der Waals surface area contributed by atoms with Gasteiger partial charge in [0, 0.05) is 32.1 Å². The molecule has 0 atom stereocenters. The molecule has 0 spiro atoms. The summed E-state index contributed by atoms with van der Waals surface area (Å²) in [6, 6.07) is 10.1. The molecule has 0 bridgehead atoms. The first-order valence-electron chi connectivity index (χ1n) is 6.21. The van der Waals surface area contributed by atoms with Crippen LogP contribution in [0.4, 0.5) is 14.5 Å². The number of hydrogen-bond acceptors (Lipinski definition) is 1. The minimum absolute atomic E-state index is 0.0558. The average molecular weight is 239 g/mol. The number of para-hydroxylation sites is 1. The lowest BCUT2D eigenvalue weighted by molar-refractivity contribution is -0.0448. The fourth-order valence-corrected chi connectivity index (χ4v) is 2.46. The smallest absolute Gasteiger partial charge is 0.248 e. The Labute approximate surface area is 101 Å². The molecule has 0 N–H and O–H groups in total. The molecule has 0 amide bonds. The Morgan fingerprint density at radius 2 is 1.76 bits per heavy atom. The van der Waals surface area contributed by atoms with Crippen LogP contribution in [0.15, 0.2) is 30.3 Å². The highest BCUT2D eigenvalue weighted by Gasteiger charge is 2.35. The first-order chi connectivity index (χ1) is 8.07. The summed E-state index contributed by atoms with van der Waals surface area (Å²) in [5, 5.41) is 0. The Kier molecular flexibility index (Phi) is 3.65. The Morgan fingerprint density at radius 3 is 2.35 bits per heavy atom. The third-order valence-electron chi connectivity index (χ3n) is 3.57. The van der Waals surface area contributed by atoms with E-state index in [1.807, 2.05) is 25.2 Å². The van der Waals surface area contributed by atoms with Gasteiger partial charge in [0.05, 0.1) is 0 Å². The van der Waals surface area contributed by atoms with Crippen molar-refractivity contribution in [3.05, 3.63) is 30.3 Å². The number of hydrogen-bond donors (Lipinski definition) is 0. The van der Waals surface area contributed by atoms with Gasteiger partial charge in [0.1, 0.15) is 0 Å². The lowest BCUT2D eigenvalue weighted by atomic mass is 9.86. The molecule has 3 heteroatoms. The van der Waals surface area contributed by atoms with Gasteiger partial charge < -0.3 is 4.90 Å². The normalized spacial score (nSPS) is 20.2. The van der Waals surface area contributed by atoms with Crippen molar-refractivity contribution >= 4 is 5.69 Å². The van der Waals surface area contributed by atoms with Crippen LogP contribution in [0.1, 0.15) is 25.7 Å². The molecule has 0 heterocycles. The molecule has 94 valence electrons. The molecule has 0 saturated heterocycles. The average Bonchev–Trinajstić information content (AvgIpc) is 2.33. The standard InChI is InChI=1S/C14H19F2N/c1-17(13-5-3-2-4-6-13)11-12-7-9-14(15,16)10-8-12/h2-6,12H,7-11H2,1H3. The van der Waals surface area contributed by atoms with Crippen molar-refractivity contribution in [3.63, 3.8) is 0 Å². The zero-order chi connectivity index (χ0) is 12.3. The predicted octanol–water partition coefficient (Wildman–Crippen LogP) is 3.95. The molecule has 1 aliphatic rings. The molecule has 17 heavy (non-hydrogen) atoms. The van der Waals surface area contributed by atoms with Gasteiger partial charge in [-0.2, -0.15) is 0 Å². The van der Waals surface area contributed by atoms with Crippen LogP contribution >= 0.6 is 0 Å². The van der Waals surface area contributed by atoms with Gasteiger partial charge in [-0.3, -0.25) is 0 Å². The number of alkyl halides is 2. The van der Waals surface area contributed by atoms with Gasteiger partial charge in [0.2, 0.25) is 5.92 Å². The van der Waals surface area contributed by atoms with E-state index in [1.54, 1.807) is 0 Å². The summed E-state index contributed by atoms with van der Waals surface area (Å²) in [5.74, 6) is -2.01. The van der Waals surface area contributed by atoms with Crippen molar-refractivity contribution in [1.29, 1.82) is 0 Å². The van der Waals surface area contributed by atoms with Crippen LogP contribution in [0.3, 0.4) is 0 Å². The lowest BCUT2D eigenvalue weighted by Crippen LogP contribution is -2.32. The Bertz CT molecular complexity index is 340. The number of rotatable bonds is 3. The SMILES string of the molecule is CN(CC1CCC(F)(F)CC1)c1ccccc1. The Morgan fingerprint density at radius 1 is 1.18 bits per heavy atom. The van der Waals surface area contributed by atoms with Gasteiger partial charge in [-0.1, -0.05) is 18.2 Å². The second-order valence-electron chi connectivity index (χ2n) is 5.02. The van der Waals surface area contributed by atoms with E-state index in [9.17, 15) is 8.78 Å². The number of halogens is 2. The summed E-state index contributed by atoms with van der Waals surface area (Å²) in [5.41, 5.74) is 1.16. The fourth-order valence-electron chi connectivity index (χ4n) is 2.46. The number of benzene rings is 1. The summed E-state index contributed by atoms with van der Waals surface area (Å²) in [6.45, 7) is 0.875. The third kappa shape index (κ3) is 3.42. The lowest BCUT2D eigenvalue weighted by Gasteiger charge is -2.31. The van der Waals surface area contributed by atoms with Crippen molar-refractivity contribution in [3.8, 4) is 0 Å². The van der Waals surface area contributed by atoms with Crippen LogP contribution in [0.25, 0.3) is 0 Å². The molecular formula is C14H19F2N. The van der Waals surface area contributed by atoms with E-state index in [4.69, 9.17) is 0 Å². The zero-order valence-corrected chi connectivity index (χ0v) is 10.2. The van der Waals surface area contributed by atoms with Gasteiger partial charge >= 0.3 is 0 Å². The Hall–Kier alpha value is -1.12. The van der Waals surface area contributed by atoms with Crippen molar-refractivity contribution in [2.75, 3.05) is 18.5 Å². The van der Waals surface area contributed by atoms with Gasteiger partial charge in [-0.05, 0) is 30.9 Å². The molecule has 1 saturated carbocycles. The van der Waals surface area contributed by atoms with Gasteiger partial charge in [0.25, 0.3) is 0 Å². The van der Waals surface area contributed by atoms with Crippen LogP contribution in [0.5, 0.6) is 0 Å². The number of anilines is 1. The van der Waals surface area contributed by atoms with Crippen molar-refractivity contribution in [2.45, 2.75) is 31.6 Å². The highest BCUT2D eigenvalue weighted by Crippen LogP contribution is 2.36. The highest BCUT2D eigenvalue weighted by molar-refractivity contribution is 5.44. The molecule has 1 aliphatic carbocycles. The van der Waals surface area contributed by atoms with Crippen molar-refractivity contribution in [1.82, 2.24) is 0 Å². The molecule has 2 rings (SSSR count). The monoisotopic (exact) mass is 239 g/mol. The van der Waals surface area contributed by atoms with E-state index < -0.39 is 5.92 Å². The van der Waals surface area contributed by atoms with E-state index in [0.717, 1.165) is 12.2 Å². The quantitative estimate of drug-likeness (QED) is 0.772. The van der Waals surface area contributed by atoms with Crippen LogP contribution < -0.4 is 4.90 Å². The van der Waals surface area contributed by atoms with Crippen molar-refractivity contribution < 1.29 is 8.78 Å². The fraction of sp³-hybridized carbons (Fsp3) is 0.571. The topological polar surface area (TPSA) is 3.24 Å². The summed E-state index contributed by atoms with van der Waals surface area (Å²) in [4.78, 5) is 2.16. The molecule has 1 aromatic carbocycles. The minimum atomic E-state index is -2.41. The first-order valence-corrected chi connectivity index (χ1v) is 6.21. The van der Waals surface area contributed by atoms with Crippen LogP contribution in [-0.2, 0) is 0 Å². The largest absolute Gasteiger partial charge is 0.374 e. The maximum atomic E-state index is 13.0. The molecule has 1 nitrogen and oxygen atoms in total. The van der Waals surface area contributed by atoms with E-state index in [-0.39, 0.29) is 12.8 Å². The molecule has 0 aliphatic heterocycles.